The third-order valence-corrected chi connectivity index (χ3v) is 6.68. The predicted octanol–water partition coefficient (Wildman–Crippen LogP) is 6.19. The maximum atomic E-state index is 12.8. The van der Waals surface area contributed by atoms with Crippen LogP contribution in [-0.4, -0.2) is 23.5 Å². The highest BCUT2D eigenvalue weighted by Gasteiger charge is 2.40. The topological polar surface area (TPSA) is 29.5 Å². The van der Waals surface area contributed by atoms with E-state index >= 15 is 0 Å². The van der Waals surface area contributed by atoms with Gasteiger partial charge in [-0.3, -0.25) is 4.79 Å². The van der Waals surface area contributed by atoms with Crippen LogP contribution in [0.2, 0.25) is 0 Å². The minimum absolute atomic E-state index is 0.0308. The van der Waals surface area contributed by atoms with E-state index in [4.69, 9.17) is 4.74 Å². The summed E-state index contributed by atoms with van der Waals surface area (Å²) in [6, 6.07) is 41.4. The molecule has 1 amide bonds. The van der Waals surface area contributed by atoms with Crippen molar-refractivity contribution in [2.45, 2.75) is 31.0 Å². The fourth-order valence-corrected chi connectivity index (χ4v) is 4.95. The number of ether oxygens (including phenoxy) is 1. The molecule has 4 aromatic rings. The molecule has 1 fully saturated rings. The van der Waals surface area contributed by atoms with Gasteiger partial charge in [-0.2, -0.15) is 0 Å². The van der Waals surface area contributed by atoms with Gasteiger partial charge in [0.2, 0.25) is 5.91 Å². The monoisotopic (exact) mass is 447 g/mol. The van der Waals surface area contributed by atoms with Crippen molar-refractivity contribution in [3.05, 3.63) is 144 Å². The lowest BCUT2D eigenvalue weighted by molar-refractivity contribution is -0.131. The van der Waals surface area contributed by atoms with Crippen LogP contribution in [0, 0.1) is 0 Å². The lowest BCUT2D eigenvalue weighted by atomic mass is 9.80. The van der Waals surface area contributed by atoms with Crippen LogP contribution in [0.25, 0.3) is 0 Å². The first-order valence-electron chi connectivity index (χ1n) is 11.9. The number of likely N-dealkylation sites (tertiary alicyclic amines) is 1. The molecule has 5 rings (SSSR count). The molecule has 1 unspecified atom stereocenters. The Kier molecular flexibility index (Phi) is 6.55. The second-order valence-electron chi connectivity index (χ2n) is 8.79. The molecule has 1 atom stereocenters. The van der Waals surface area contributed by atoms with Crippen molar-refractivity contribution in [1.29, 1.82) is 0 Å². The van der Waals surface area contributed by atoms with E-state index in [0.29, 0.717) is 19.6 Å². The summed E-state index contributed by atoms with van der Waals surface area (Å²) < 4.78 is 6.99. The van der Waals surface area contributed by atoms with Crippen LogP contribution in [0.5, 0.6) is 0 Å². The molecule has 0 N–H and O–H groups in total. The summed E-state index contributed by atoms with van der Waals surface area (Å²) in [6.07, 6.45) is 1.37. The standard InChI is InChI=1S/C31H29NO2/c33-30-22-21-29(32(30)23-25-13-5-1-6-14-25)24-34-31(26-15-7-2-8-16-26,27-17-9-3-10-18-27)28-19-11-4-12-20-28/h1-20,29H,21-24H2. The third kappa shape index (κ3) is 4.40. The number of amides is 1. The number of hydrogen-bond acceptors (Lipinski definition) is 2. The van der Waals surface area contributed by atoms with E-state index in [1.54, 1.807) is 0 Å². The van der Waals surface area contributed by atoms with Gasteiger partial charge in [0, 0.05) is 13.0 Å². The molecule has 0 bridgehead atoms. The van der Waals surface area contributed by atoms with E-state index in [1.807, 2.05) is 41.3 Å². The second-order valence-corrected chi connectivity index (χ2v) is 8.79. The Labute approximate surface area is 201 Å². The highest BCUT2D eigenvalue weighted by Crippen LogP contribution is 2.41. The largest absolute Gasteiger partial charge is 0.359 e. The van der Waals surface area contributed by atoms with Gasteiger partial charge in [-0.1, -0.05) is 121 Å². The predicted molar refractivity (Wildman–Crippen MR) is 135 cm³/mol. The maximum absolute atomic E-state index is 12.8. The molecule has 170 valence electrons. The number of nitrogens with zero attached hydrogens (tertiary/aromatic N) is 1. The fourth-order valence-electron chi connectivity index (χ4n) is 4.95. The molecule has 0 spiro atoms. The molecule has 1 heterocycles. The molecule has 1 aliphatic heterocycles. The van der Waals surface area contributed by atoms with Crippen LogP contribution in [0.1, 0.15) is 35.1 Å². The zero-order chi connectivity index (χ0) is 23.2. The lowest BCUT2D eigenvalue weighted by Crippen LogP contribution is -2.40. The molecule has 0 radical (unpaired) electrons. The first kappa shape index (κ1) is 22.1. The Morgan fingerprint density at radius 2 is 1.12 bits per heavy atom. The van der Waals surface area contributed by atoms with Gasteiger partial charge in [0.25, 0.3) is 0 Å². The van der Waals surface area contributed by atoms with Crippen molar-refractivity contribution in [3.8, 4) is 0 Å². The Morgan fingerprint density at radius 3 is 1.59 bits per heavy atom. The van der Waals surface area contributed by atoms with Crippen molar-refractivity contribution < 1.29 is 9.53 Å². The molecule has 0 saturated carbocycles. The second kappa shape index (κ2) is 10.1. The van der Waals surface area contributed by atoms with Gasteiger partial charge in [-0.05, 0) is 28.7 Å². The van der Waals surface area contributed by atoms with E-state index in [0.717, 1.165) is 28.7 Å². The average Bonchev–Trinajstić information content (AvgIpc) is 3.26. The van der Waals surface area contributed by atoms with Crippen molar-refractivity contribution >= 4 is 5.91 Å². The number of rotatable bonds is 8. The van der Waals surface area contributed by atoms with Crippen molar-refractivity contribution in [2.24, 2.45) is 0 Å². The van der Waals surface area contributed by atoms with Gasteiger partial charge in [0.15, 0.2) is 0 Å². The van der Waals surface area contributed by atoms with Crippen LogP contribution in [0.4, 0.5) is 0 Å². The summed E-state index contributed by atoms with van der Waals surface area (Å²) in [4.78, 5) is 14.8. The first-order valence-corrected chi connectivity index (χ1v) is 11.9. The smallest absolute Gasteiger partial charge is 0.223 e. The Morgan fingerprint density at radius 1 is 0.676 bits per heavy atom. The van der Waals surface area contributed by atoms with Crippen LogP contribution in [-0.2, 0) is 21.7 Å². The molecule has 0 aliphatic carbocycles. The van der Waals surface area contributed by atoms with Crippen molar-refractivity contribution in [2.75, 3.05) is 6.61 Å². The van der Waals surface area contributed by atoms with Crippen molar-refractivity contribution in [3.63, 3.8) is 0 Å². The fraction of sp³-hybridized carbons (Fsp3) is 0.194. The first-order chi connectivity index (χ1) is 16.8. The summed E-state index contributed by atoms with van der Waals surface area (Å²) in [5, 5.41) is 0. The molecule has 4 aromatic carbocycles. The number of benzene rings is 4. The molecule has 1 aliphatic rings. The van der Waals surface area contributed by atoms with Crippen molar-refractivity contribution in [1.82, 2.24) is 4.90 Å². The quantitative estimate of drug-likeness (QED) is 0.302. The van der Waals surface area contributed by atoms with E-state index in [1.165, 1.54) is 0 Å². The summed E-state index contributed by atoms with van der Waals surface area (Å²) >= 11 is 0. The van der Waals surface area contributed by atoms with Gasteiger partial charge in [-0.25, -0.2) is 0 Å². The third-order valence-electron chi connectivity index (χ3n) is 6.68. The summed E-state index contributed by atoms with van der Waals surface area (Å²) in [5.41, 5.74) is 3.60. The Bertz CT molecular complexity index is 1100. The molecule has 3 nitrogen and oxygen atoms in total. The SMILES string of the molecule is O=C1CCC(COC(c2ccccc2)(c2ccccc2)c2ccccc2)N1Cc1ccccc1. The Balaban J connectivity index is 1.52. The molecule has 3 heteroatoms. The highest BCUT2D eigenvalue weighted by molar-refractivity contribution is 5.78. The van der Waals surface area contributed by atoms with E-state index in [9.17, 15) is 4.79 Å². The Hall–Kier alpha value is -3.69. The number of carbonyl (C=O) groups excluding carboxylic acids is 1. The van der Waals surface area contributed by atoms with Gasteiger partial charge in [-0.15, -0.1) is 0 Å². The van der Waals surface area contributed by atoms with E-state index in [-0.39, 0.29) is 11.9 Å². The van der Waals surface area contributed by atoms with Crippen LogP contribution in [0.3, 0.4) is 0 Å². The molecule has 0 aromatic heterocycles. The number of hydrogen-bond donors (Lipinski definition) is 0. The van der Waals surface area contributed by atoms with Crippen LogP contribution >= 0.6 is 0 Å². The maximum Gasteiger partial charge on any atom is 0.223 e. The normalized spacial score (nSPS) is 16.1. The van der Waals surface area contributed by atoms with Gasteiger partial charge in [0.05, 0.1) is 12.6 Å². The van der Waals surface area contributed by atoms with Crippen LogP contribution in [0.15, 0.2) is 121 Å². The lowest BCUT2D eigenvalue weighted by Gasteiger charge is -2.38. The number of carbonyl (C=O) groups is 1. The molecular weight excluding hydrogens is 418 g/mol. The minimum atomic E-state index is -0.770. The van der Waals surface area contributed by atoms with E-state index in [2.05, 4.69) is 84.9 Å². The van der Waals surface area contributed by atoms with Gasteiger partial charge >= 0.3 is 0 Å². The highest BCUT2D eigenvalue weighted by atomic mass is 16.5. The van der Waals surface area contributed by atoms with Crippen LogP contribution < -0.4 is 0 Å². The zero-order valence-corrected chi connectivity index (χ0v) is 19.2. The summed E-state index contributed by atoms with van der Waals surface area (Å²) in [5.74, 6) is 0.196. The average molecular weight is 448 g/mol. The van der Waals surface area contributed by atoms with Gasteiger partial charge in [0.1, 0.15) is 5.60 Å². The van der Waals surface area contributed by atoms with Gasteiger partial charge < -0.3 is 9.64 Å². The molecule has 34 heavy (non-hydrogen) atoms. The minimum Gasteiger partial charge on any atom is -0.359 e. The summed E-state index contributed by atoms with van der Waals surface area (Å²) in [6.45, 7) is 1.07. The molecular formula is C31H29NO2. The molecule has 1 saturated heterocycles. The summed E-state index contributed by atoms with van der Waals surface area (Å²) in [7, 11) is 0. The zero-order valence-electron chi connectivity index (χ0n) is 19.2. The van der Waals surface area contributed by atoms with E-state index < -0.39 is 5.60 Å².